The zero-order valence-corrected chi connectivity index (χ0v) is 7.63. The van der Waals surface area contributed by atoms with Crippen LogP contribution in [0.3, 0.4) is 0 Å². The van der Waals surface area contributed by atoms with Gasteiger partial charge in [-0.05, 0) is 0 Å². The standard InChI is InChI=1S/H3N.H3O4P.Sb.2H/c;1-5(2,3)4;;;/h1H3;(H3,1,2,3,4);;;/q;;+1;;/p-1. The van der Waals surface area contributed by atoms with Crippen LogP contribution in [0, 0.1) is 0 Å². The first-order chi connectivity index (χ1) is 2.56. The van der Waals surface area contributed by atoms with E-state index in [1.165, 1.54) is 0 Å². The second-order valence-corrected chi connectivity index (χ2v) is 3.59. The molecule has 0 fully saturated rings. The molecule has 7 heavy (non-hydrogen) atoms. The summed E-state index contributed by atoms with van der Waals surface area (Å²) in [5.41, 5.74) is 0. The summed E-state index contributed by atoms with van der Waals surface area (Å²) in [4.78, 5) is 15.5. The van der Waals surface area contributed by atoms with E-state index in [1.54, 1.807) is 0 Å². The van der Waals surface area contributed by atoms with Crippen LogP contribution in [0.2, 0.25) is 0 Å². The van der Waals surface area contributed by atoms with Gasteiger partial charge >= 0.3 is 48.4 Å². The molecule has 0 saturated heterocycles. The molecule has 0 aliphatic rings. The Morgan fingerprint density at radius 1 is 1.57 bits per heavy atom. The molecule has 7 heteroatoms. The van der Waals surface area contributed by atoms with Gasteiger partial charge in [0.05, 0.1) is 0 Å². The van der Waals surface area contributed by atoms with Crippen LogP contribution in [0.4, 0.5) is 0 Å². The van der Waals surface area contributed by atoms with Gasteiger partial charge in [0, 0.05) is 0 Å². The molecule has 46 valence electrons. The molecule has 0 radical (unpaired) electrons. The average molecular weight is 238 g/mol. The van der Waals surface area contributed by atoms with Gasteiger partial charge in [-0.2, -0.15) is 0 Å². The number of hydrogen-bond acceptors (Lipinski definition) is 3. The molecule has 0 heterocycles. The molecule has 0 amide bonds. The summed E-state index contributed by atoms with van der Waals surface area (Å²) < 4.78 is 13.2. The van der Waals surface area contributed by atoms with Crippen LogP contribution < -0.4 is 6.15 Å². The normalized spacial score (nSPS) is 10.1. The van der Waals surface area contributed by atoms with Crippen LogP contribution >= 0.6 is 7.82 Å². The summed E-state index contributed by atoms with van der Waals surface area (Å²) >= 11 is 0.140. The molecule has 0 unspecified atom stereocenters. The minimum atomic E-state index is -4.09. The predicted octanol–water partition coefficient (Wildman–Crippen LogP) is -1.19. The summed E-state index contributed by atoms with van der Waals surface area (Å²) in [6.45, 7) is 0. The van der Waals surface area contributed by atoms with Crippen molar-refractivity contribution >= 4 is 31.3 Å². The van der Waals surface area contributed by atoms with E-state index < -0.39 is 7.82 Å². The molecule has 0 aromatic heterocycles. The van der Waals surface area contributed by atoms with Gasteiger partial charge in [-0.3, -0.25) is 0 Å². The molecular formula is H7NO4PSb. The van der Waals surface area contributed by atoms with Crippen LogP contribution in [0.5, 0.6) is 0 Å². The first kappa shape index (κ1) is 10.8. The molecule has 0 aromatic rings. The van der Waals surface area contributed by atoms with Crippen LogP contribution in [-0.4, -0.2) is 33.2 Å². The Balaban J connectivity index is 0. The van der Waals surface area contributed by atoms with Crippen molar-refractivity contribution in [3.63, 3.8) is 0 Å². The van der Waals surface area contributed by atoms with Crippen molar-refractivity contribution in [1.82, 2.24) is 6.15 Å². The van der Waals surface area contributed by atoms with Crippen LogP contribution in [0.1, 0.15) is 0 Å². The summed E-state index contributed by atoms with van der Waals surface area (Å²) in [5.74, 6) is 0. The third kappa shape index (κ3) is 10.9. The topological polar surface area (TPSA) is 102 Å². The first-order valence-electron chi connectivity index (χ1n) is 1.00. The predicted molar refractivity (Wildman–Crippen MR) is 26.7 cm³/mol. The van der Waals surface area contributed by atoms with Crippen LogP contribution in [0.25, 0.3) is 0 Å². The van der Waals surface area contributed by atoms with Crippen molar-refractivity contribution in [3.8, 4) is 0 Å². The van der Waals surface area contributed by atoms with E-state index in [9.17, 15) is 4.57 Å². The fraction of sp³-hybridized carbons (Fsp3) is 0. The molecule has 0 saturated carbocycles. The quantitative estimate of drug-likeness (QED) is 0.393. The SMILES string of the molecule is N.O=P(O)(O)[O][SbH2]. The fourth-order valence-corrected chi connectivity index (χ4v) is 0. The molecule has 0 spiro atoms. The minimum absolute atomic E-state index is 0. The summed E-state index contributed by atoms with van der Waals surface area (Å²) in [6, 6.07) is 0. The molecule has 0 aliphatic carbocycles. The summed E-state index contributed by atoms with van der Waals surface area (Å²) in [5, 5.41) is 0. The van der Waals surface area contributed by atoms with Crippen molar-refractivity contribution in [2.24, 2.45) is 0 Å². The van der Waals surface area contributed by atoms with Crippen molar-refractivity contribution in [1.29, 1.82) is 0 Å². The molecule has 0 atom stereocenters. The average Bonchev–Trinajstić information content (AvgIpc) is 1.35. The van der Waals surface area contributed by atoms with Crippen molar-refractivity contribution < 1.29 is 17.2 Å². The second kappa shape index (κ2) is 3.84. The van der Waals surface area contributed by atoms with E-state index in [-0.39, 0.29) is 29.6 Å². The van der Waals surface area contributed by atoms with E-state index in [1.807, 2.05) is 0 Å². The van der Waals surface area contributed by atoms with Gasteiger partial charge in [0.2, 0.25) is 0 Å². The first-order valence-corrected chi connectivity index (χ1v) is 3.88. The Morgan fingerprint density at radius 3 is 1.71 bits per heavy atom. The molecule has 0 rings (SSSR count). The Hall–Kier alpha value is 0.888. The monoisotopic (exact) mass is 237 g/mol. The summed E-state index contributed by atoms with van der Waals surface area (Å²) in [6.07, 6.45) is 0. The van der Waals surface area contributed by atoms with Crippen molar-refractivity contribution in [3.05, 3.63) is 0 Å². The van der Waals surface area contributed by atoms with Gasteiger partial charge in [-0.1, -0.05) is 0 Å². The molecule has 0 aromatic carbocycles. The summed E-state index contributed by atoms with van der Waals surface area (Å²) in [7, 11) is -4.09. The Bertz CT molecular complexity index is 75.8. The molecule has 5 N–H and O–H groups in total. The number of rotatable bonds is 1. The third-order valence-electron chi connectivity index (χ3n) is 0.137. The van der Waals surface area contributed by atoms with Gasteiger partial charge in [0.15, 0.2) is 0 Å². The van der Waals surface area contributed by atoms with E-state index in [0.29, 0.717) is 0 Å². The number of phosphoric acid groups is 1. The Kier molecular flexibility index (Phi) is 5.92. The zero-order valence-electron chi connectivity index (χ0n) is 3.44. The molecule has 5 nitrogen and oxygen atoms in total. The molecule has 0 bridgehead atoms. The van der Waals surface area contributed by atoms with E-state index >= 15 is 0 Å². The van der Waals surface area contributed by atoms with Crippen LogP contribution in [0.15, 0.2) is 0 Å². The zero-order chi connectivity index (χ0) is 5.21. The Morgan fingerprint density at radius 2 is 1.71 bits per heavy atom. The Labute approximate surface area is 54.9 Å². The van der Waals surface area contributed by atoms with Crippen LogP contribution in [-0.2, 0) is 7.37 Å². The van der Waals surface area contributed by atoms with Gasteiger partial charge in [-0.15, -0.1) is 0 Å². The number of hydrogen-bond donors (Lipinski definition) is 3. The van der Waals surface area contributed by atoms with E-state index in [4.69, 9.17) is 9.79 Å². The van der Waals surface area contributed by atoms with Gasteiger partial charge in [0.25, 0.3) is 0 Å². The van der Waals surface area contributed by atoms with E-state index in [0.717, 1.165) is 0 Å². The van der Waals surface area contributed by atoms with Gasteiger partial charge < -0.3 is 6.15 Å². The molecule has 0 aliphatic heterocycles. The van der Waals surface area contributed by atoms with Gasteiger partial charge in [-0.25, -0.2) is 0 Å². The molecular weight excluding hydrogens is 231 g/mol. The van der Waals surface area contributed by atoms with E-state index in [2.05, 4.69) is 2.80 Å². The second-order valence-electron chi connectivity index (χ2n) is 0.596. The fourth-order valence-electron chi connectivity index (χ4n) is 0. The third-order valence-corrected chi connectivity index (χ3v) is 2.76. The maximum atomic E-state index is 9.50. The van der Waals surface area contributed by atoms with Crippen molar-refractivity contribution in [2.75, 3.05) is 0 Å². The van der Waals surface area contributed by atoms with Crippen molar-refractivity contribution in [2.45, 2.75) is 0 Å². The maximum absolute atomic E-state index is 9.50. The van der Waals surface area contributed by atoms with Gasteiger partial charge in [0.1, 0.15) is 0 Å².